The molecule has 0 aromatic carbocycles. The van der Waals surface area contributed by atoms with Gasteiger partial charge < -0.3 is 9.64 Å². The summed E-state index contributed by atoms with van der Waals surface area (Å²) in [6, 6.07) is 7.73. The van der Waals surface area contributed by atoms with Crippen molar-refractivity contribution in [3.05, 3.63) is 58.7 Å². The first kappa shape index (κ1) is 18.6. The summed E-state index contributed by atoms with van der Waals surface area (Å²) in [6.45, 7) is 6.83. The maximum absolute atomic E-state index is 12.3. The number of aryl methyl sites for hydroxylation is 3. The molecule has 0 radical (unpaired) electrons. The molecule has 27 heavy (non-hydrogen) atoms. The third kappa shape index (κ3) is 5.38. The summed E-state index contributed by atoms with van der Waals surface area (Å²) >= 11 is 0. The quantitative estimate of drug-likeness (QED) is 0.728. The molecule has 3 rings (SSSR count). The highest BCUT2D eigenvalue weighted by molar-refractivity contribution is 5.70. The predicted molar refractivity (Wildman–Crippen MR) is 102 cm³/mol. The highest BCUT2D eigenvalue weighted by Crippen LogP contribution is 2.17. The molecule has 0 spiro atoms. The van der Waals surface area contributed by atoms with Gasteiger partial charge in [-0.05, 0) is 63.8 Å². The van der Waals surface area contributed by atoms with E-state index >= 15 is 0 Å². The van der Waals surface area contributed by atoms with Gasteiger partial charge >= 0.3 is 12.1 Å². The highest BCUT2D eigenvalue weighted by atomic mass is 16.6. The first-order valence-corrected chi connectivity index (χ1v) is 8.92. The topological polar surface area (TPSA) is 68.2 Å². The van der Waals surface area contributed by atoms with E-state index in [2.05, 4.69) is 26.8 Å². The molecule has 2 aromatic heterocycles. The van der Waals surface area contributed by atoms with E-state index in [-0.39, 0.29) is 6.01 Å². The van der Waals surface area contributed by atoms with Gasteiger partial charge in [-0.25, -0.2) is 19.7 Å². The van der Waals surface area contributed by atoms with Crippen molar-refractivity contribution >= 4 is 6.09 Å². The van der Waals surface area contributed by atoms with E-state index in [0.717, 1.165) is 35.6 Å². The summed E-state index contributed by atoms with van der Waals surface area (Å²) in [7, 11) is 0. The van der Waals surface area contributed by atoms with Crippen LogP contribution in [-0.4, -0.2) is 39.0 Å². The number of carbonyl (C=O) groups excluding carboxylic acids is 1. The van der Waals surface area contributed by atoms with Gasteiger partial charge in [0.2, 0.25) is 0 Å². The van der Waals surface area contributed by atoms with Gasteiger partial charge in [0.25, 0.3) is 0 Å². The standard InChI is InChI=1S/C21H22N4O2/c1-15-6-4-8-19(22-15)9-5-7-18-10-12-25(13-11-18)21(26)27-20-23-16(2)14-17(3)24-20/h4,6-8,14H,10-13H2,1-3H3. The highest BCUT2D eigenvalue weighted by Gasteiger charge is 2.21. The van der Waals surface area contributed by atoms with Crippen LogP contribution in [0, 0.1) is 32.6 Å². The molecule has 0 unspecified atom stereocenters. The van der Waals surface area contributed by atoms with Crippen LogP contribution in [0.3, 0.4) is 0 Å². The lowest BCUT2D eigenvalue weighted by Gasteiger charge is -2.26. The average molecular weight is 362 g/mol. The van der Waals surface area contributed by atoms with Gasteiger partial charge in [0.05, 0.1) is 0 Å². The van der Waals surface area contributed by atoms with Crippen molar-refractivity contribution in [3.8, 4) is 17.9 Å². The number of likely N-dealkylation sites (tertiary alicyclic amines) is 1. The fraction of sp³-hybridized carbons (Fsp3) is 0.333. The van der Waals surface area contributed by atoms with E-state index in [1.54, 1.807) is 4.90 Å². The van der Waals surface area contributed by atoms with E-state index in [4.69, 9.17) is 4.74 Å². The molecule has 0 saturated carbocycles. The maximum Gasteiger partial charge on any atom is 0.417 e. The van der Waals surface area contributed by atoms with Gasteiger partial charge in [-0.3, -0.25) is 0 Å². The zero-order valence-corrected chi connectivity index (χ0v) is 15.8. The fourth-order valence-electron chi connectivity index (χ4n) is 2.83. The van der Waals surface area contributed by atoms with Crippen molar-refractivity contribution in [2.45, 2.75) is 33.6 Å². The second-order valence-electron chi connectivity index (χ2n) is 6.52. The van der Waals surface area contributed by atoms with Crippen molar-refractivity contribution in [1.82, 2.24) is 19.9 Å². The molecular weight excluding hydrogens is 340 g/mol. The second-order valence-corrected chi connectivity index (χ2v) is 6.52. The van der Waals surface area contributed by atoms with Crippen LogP contribution in [0.25, 0.3) is 0 Å². The Morgan fingerprint density at radius 3 is 2.44 bits per heavy atom. The van der Waals surface area contributed by atoms with E-state index < -0.39 is 6.09 Å². The Hall–Kier alpha value is -3.20. The van der Waals surface area contributed by atoms with Gasteiger partial charge in [0, 0.05) is 30.2 Å². The van der Waals surface area contributed by atoms with Crippen LogP contribution in [0.1, 0.15) is 35.6 Å². The third-order valence-corrected chi connectivity index (χ3v) is 4.17. The summed E-state index contributed by atoms with van der Waals surface area (Å²) in [5.41, 5.74) is 4.49. The number of hydrogen-bond donors (Lipinski definition) is 0. The van der Waals surface area contributed by atoms with Gasteiger partial charge in [-0.1, -0.05) is 17.6 Å². The molecule has 138 valence electrons. The van der Waals surface area contributed by atoms with E-state index in [0.29, 0.717) is 13.1 Å². The number of ether oxygens (including phenoxy) is 1. The lowest BCUT2D eigenvalue weighted by molar-refractivity contribution is 0.144. The minimum atomic E-state index is -0.408. The molecule has 3 heterocycles. The van der Waals surface area contributed by atoms with Crippen molar-refractivity contribution < 1.29 is 9.53 Å². The lowest BCUT2D eigenvalue weighted by Crippen LogP contribution is -2.38. The number of hydrogen-bond acceptors (Lipinski definition) is 5. The van der Waals surface area contributed by atoms with Gasteiger partial charge in [-0.15, -0.1) is 0 Å². The largest absolute Gasteiger partial charge is 0.417 e. The zero-order valence-electron chi connectivity index (χ0n) is 15.8. The molecule has 6 heteroatoms. The van der Waals surface area contributed by atoms with Crippen molar-refractivity contribution in [3.63, 3.8) is 0 Å². The summed E-state index contributed by atoms with van der Waals surface area (Å²) in [4.78, 5) is 26.6. The van der Waals surface area contributed by atoms with Crippen LogP contribution in [0.5, 0.6) is 6.01 Å². The average Bonchev–Trinajstić information content (AvgIpc) is 2.61. The zero-order chi connectivity index (χ0) is 19.2. The van der Waals surface area contributed by atoms with E-state index in [1.165, 1.54) is 5.57 Å². The first-order chi connectivity index (χ1) is 13.0. The molecule has 2 aromatic rings. The third-order valence-electron chi connectivity index (χ3n) is 4.17. The Balaban J connectivity index is 1.54. The van der Waals surface area contributed by atoms with Gasteiger partial charge in [0.15, 0.2) is 0 Å². The van der Waals surface area contributed by atoms with Gasteiger partial charge in [-0.2, -0.15) is 0 Å². The van der Waals surface area contributed by atoms with E-state index in [1.807, 2.05) is 51.1 Å². The Labute approximate surface area is 159 Å². The van der Waals surface area contributed by atoms with E-state index in [9.17, 15) is 4.79 Å². The van der Waals surface area contributed by atoms with Crippen LogP contribution in [-0.2, 0) is 0 Å². The number of carbonyl (C=O) groups is 1. The Bertz CT molecular complexity index is 910. The van der Waals surface area contributed by atoms with Crippen LogP contribution in [0.2, 0.25) is 0 Å². The molecule has 1 amide bonds. The number of nitrogens with zero attached hydrogens (tertiary/aromatic N) is 4. The maximum atomic E-state index is 12.3. The van der Waals surface area contributed by atoms with Gasteiger partial charge in [0.1, 0.15) is 5.69 Å². The summed E-state index contributed by atoms with van der Waals surface area (Å²) in [5.74, 6) is 6.12. The van der Waals surface area contributed by atoms with Crippen LogP contribution < -0.4 is 4.74 Å². The number of rotatable bonds is 1. The molecule has 1 aliphatic heterocycles. The first-order valence-electron chi connectivity index (χ1n) is 8.92. The molecule has 6 nitrogen and oxygen atoms in total. The number of pyridine rings is 1. The molecule has 0 bridgehead atoms. The minimum absolute atomic E-state index is 0.107. The number of piperidine rings is 1. The molecule has 0 N–H and O–H groups in total. The normalized spacial score (nSPS) is 13.6. The van der Waals surface area contributed by atoms with Crippen molar-refractivity contribution in [2.24, 2.45) is 0 Å². The van der Waals surface area contributed by atoms with Crippen LogP contribution in [0.4, 0.5) is 4.79 Å². The SMILES string of the molecule is Cc1cccc(C#CC=C2CCN(C(=O)Oc3nc(C)cc(C)n3)CC2)n1. The summed E-state index contributed by atoms with van der Waals surface area (Å²) in [5, 5.41) is 0. The van der Waals surface area contributed by atoms with Crippen LogP contribution >= 0.6 is 0 Å². The molecule has 1 saturated heterocycles. The molecule has 1 aliphatic rings. The molecule has 1 fully saturated rings. The van der Waals surface area contributed by atoms with Crippen molar-refractivity contribution in [1.29, 1.82) is 0 Å². The molecule has 0 atom stereocenters. The van der Waals surface area contributed by atoms with Crippen molar-refractivity contribution in [2.75, 3.05) is 13.1 Å². The summed E-state index contributed by atoms with van der Waals surface area (Å²) < 4.78 is 5.31. The molecule has 0 aliphatic carbocycles. The Morgan fingerprint density at radius 2 is 1.78 bits per heavy atom. The number of aromatic nitrogens is 3. The minimum Gasteiger partial charge on any atom is -0.374 e. The number of amides is 1. The Kier molecular flexibility index (Phi) is 5.82. The smallest absolute Gasteiger partial charge is 0.374 e. The monoisotopic (exact) mass is 362 g/mol. The predicted octanol–water partition coefficient (Wildman–Crippen LogP) is 3.37. The summed E-state index contributed by atoms with van der Waals surface area (Å²) in [6.07, 6.45) is 3.08. The lowest BCUT2D eigenvalue weighted by atomic mass is 10.0. The van der Waals surface area contributed by atoms with Crippen LogP contribution in [0.15, 0.2) is 35.9 Å². The molecular formula is C21H22N4O2. The number of allylic oxidation sites excluding steroid dienone is 1. The Morgan fingerprint density at radius 1 is 1.07 bits per heavy atom. The fourth-order valence-corrected chi connectivity index (χ4v) is 2.83. The second kappa shape index (κ2) is 8.45.